The predicted molar refractivity (Wildman–Crippen MR) is 49.9 cm³/mol. The van der Waals surface area contributed by atoms with Crippen molar-refractivity contribution in [3.05, 3.63) is 35.4 Å². The van der Waals surface area contributed by atoms with Gasteiger partial charge < -0.3 is 10.8 Å². The summed E-state index contributed by atoms with van der Waals surface area (Å²) in [6, 6.07) is 8.05. The van der Waals surface area contributed by atoms with Gasteiger partial charge in [-0.25, -0.2) is 0 Å². The monoisotopic (exact) mass is 165 g/mol. The normalized spacial score (nSPS) is 12.9. The summed E-state index contributed by atoms with van der Waals surface area (Å²) >= 11 is 0. The topological polar surface area (TPSA) is 46.2 Å². The summed E-state index contributed by atoms with van der Waals surface area (Å²) in [5.74, 6) is 0. The number of rotatable bonds is 3. The maximum absolute atomic E-state index is 8.74. The van der Waals surface area contributed by atoms with Gasteiger partial charge in [0, 0.05) is 6.04 Å². The first kappa shape index (κ1) is 9.23. The van der Waals surface area contributed by atoms with Crippen molar-refractivity contribution in [2.24, 2.45) is 5.73 Å². The summed E-state index contributed by atoms with van der Waals surface area (Å²) in [7, 11) is 0. The van der Waals surface area contributed by atoms with Gasteiger partial charge >= 0.3 is 0 Å². The van der Waals surface area contributed by atoms with E-state index in [-0.39, 0.29) is 12.6 Å². The predicted octanol–water partition coefficient (Wildman–Crippen LogP) is 0.857. The van der Waals surface area contributed by atoms with E-state index in [0.29, 0.717) is 0 Å². The third-order valence-corrected chi connectivity index (χ3v) is 1.81. The molecule has 0 unspecified atom stereocenters. The van der Waals surface area contributed by atoms with Gasteiger partial charge in [0.05, 0.1) is 6.61 Å². The molecule has 0 amide bonds. The Bertz CT molecular complexity index is 247. The number of aliphatic hydroxyl groups excluding tert-OH is 1. The smallest absolute Gasteiger partial charge is 0.0585 e. The Morgan fingerprint density at radius 3 is 2.83 bits per heavy atom. The average Bonchev–Trinajstić information content (AvgIpc) is 2.04. The standard InChI is InChI=1S/C10H15NO/c1-8-3-2-4-9(5-8)6-10(11)7-12/h2-5,10,12H,6-7,11H2,1H3/t10-/m0/s1. The second-order valence-corrected chi connectivity index (χ2v) is 3.14. The Morgan fingerprint density at radius 1 is 1.50 bits per heavy atom. The first-order valence-corrected chi connectivity index (χ1v) is 4.14. The highest BCUT2D eigenvalue weighted by Gasteiger charge is 2.01. The SMILES string of the molecule is Cc1cccc(C[C@H](N)CO)c1. The lowest BCUT2D eigenvalue weighted by molar-refractivity contribution is 0.265. The number of aryl methyl sites for hydroxylation is 1. The van der Waals surface area contributed by atoms with Crippen molar-refractivity contribution in [2.75, 3.05) is 6.61 Å². The van der Waals surface area contributed by atoms with Gasteiger partial charge in [-0.1, -0.05) is 29.8 Å². The van der Waals surface area contributed by atoms with Crippen LogP contribution >= 0.6 is 0 Å². The fraction of sp³-hybridized carbons (Fsp3) is 0.400. The molecule has 0 spiro atoms. The van der Waals surface area contributed by atoms with Crippen LogP contribution in [0.25, 0.3) is 0 Å². The Kier molecular flexibility index (Phi) is 3.26. The van der Waals surface area contributed by atoms with Crippen molar-refractivity contribution in [1.29, 1.82) is 0 Å². The van der Waals surface area contributed by atoms with E-state index in [4.69, 9.17) is 10.8 Å². The maximum Gasteiger partial charge on any atom is 0.0585 e. The summed E-state index contributed by atoms with van der Waals surface area (Å²) in [5, 5.41) is 8.74. The molecule has 1 aromatic rings. The molecule has 1 atom stereocenters. The molecule has 1 aromatic carbocycles. The first-order chi connectivity index (χ1) is 5.72. The van der Waals surface area contributed by atoms with Crippen LogP contribution in [0.5, 0.6) is 0 Å². The van der Waals surface area contributed by atoms with Crippen molar-refractivity contribution in [3.63, 3.8) is 0 Å². The van der Waals surface area contributed by atoms with Crippen molar-refractivity contribution in [1.82, 2.24) is 0 Å². The maximum atomic E-state index is 8.74. The van der Waals surface area contributed by atoms with E-state index in [9.17, 15) is 0 Å². The Balaban J connectivity index is 2.63. The van der Waals surface area contributed by atoms with Gasteiger partial charge in [-0.15, -0.1) is 0 Å². The lowest BCUT2D eigenvalue weighted by Crippen LogP contribution is -2.26. The molecule has 0 aliphatic carbocycles. The van der Waals surface area contributed by atoms with E-state index in [1.165, 1.54) is 11.1 Å². The minimum absolute atomic E-state index is 0.0495. The Hall–Kier alpha value is -0.860. The highest BCUT2D eigenvalue weighted by Crippen LogP contribution is 2.05. The van der Waals surface area contributed by atoms with Gasteiger partial charge in [-0.2, -0.15) is 0 Å². The fourth-order valence-corrected chi connectivity index (χ4v) is 1.21. The van der Waals surface area contributed by atoms with E-state index in [0.717, 1.165) is 6.42 Å². The molecule has 0 bridgehead atoms. The molecule has 2 heteroatoms. The second-order valence-electron chi connectivity index (χ2n) is 3.14. The molecular formula is C10H15NO. The van der Waals surface area contributed by atoms with E-state index in [1.807, 2.05) is 25.1 Å². The molecular weight excluding hydrogens is 150 g/mol. The van der Waals surface area contributed by atoms with Crippen LogP contribution in [0.3, 0.4) is 0 Å². The number of aliphatic hydroxyl groups is 1. The van der Waals surface area contributed by atoms with Crippen molar-refractivity contribution >= 4 is 0 Å². The van der Waals surface area contributed by atoms with Gasteiger partial charge in [0.1, 0.15) is 0 Å². The first-order valence-electron chi connectivity index (χ1n) is 4.14. The molecule has 66 valence electrons. The zero-order valence-corrected chi connectivity index (χ0v) is 7.33. The zero-order chi connectivity index (χ0) is 8.97. The summed E-state index contributed by atoms with van der Waals surface area (Å²) < 4.78 is 0. The number of hydrogen-bond donors (Lipinski definition) is 2. The van der Waals surface area contributed by atoms with Crippen LogP contribution in [-0.2, 0) is 6.42 Å². The van der Waals surface area contributed by atoms with E-state index in [2.05, 4.69) is 6.07 Å². The zero-order valence-electron chi connectivity index (χ0n) is 7.33. The molecule has 0 radical (unpaired) electrons. The van der Waals surface area contributed by atoms with Crippen LogP contribution in [0.1, 0.15) is 11.1 Å². The van der Waals surface area contributed by atoms with Crippen molar-refractivity contribution < 1.29 is 5.11 Å². The van der Waals surface area contributed by atoms with Crippen molar-refractivity contribution in [2.45, 2.75) is 19.4 Å². The van der Waals surface area contributed by atoms with E-state index < -0.39 is 0 Å². The quantitative estimate of drug-likeness (QED) is 0.697. The highest BCUT2D eigenvalue weighted by molar-refractivity contribution is 5.22. The molecule has 0 aromatic heterocycles. The number of nitrogens with two attached hydrogens (primary N) is 1. The minimum atomic E-state index is -0.133. The summed E-state index contributed by atoms with van der Waals surface area (Å²) in [6.07, 6.45) is 0.748. The number of benzene rings is 1. The molecule has 0 fully saturated rings. The van der Waals surface area contributed by atoms with Gasteiger partial charge in [0.2, 0.25) is 0 Å². The second kappa shape index (κ2) is 4.24. The summed E-state index contributed by atoms with van der Waals surface area (Å²) in [6.45, 7) is 2.10. The molecule has 0 saturated carbocycles. The molecule has 3 N–H and O–H groups in total. The molecule has 2 nitrogen and oxygen atoms in total. The van der Waals surface area contributed by atoms with E-state index in [1.54, 1.807) is 0 Å². The van der Waals surface area contributed by atoms with Crippen LogP contribution in [0.15, 0.2) is 24.3 Å². The van der Waals surface area contributed by atoms with Gasteiger partial charge in [-0.3, -0.25) is 0 Å². The van der Waals surface area contributed by atoms with Crippen LogP contribution in [0, 0.1) is 6.92 Å². The molecule has 0 heterocycles. The fourth-order valence-electron chi connectivity index (χ4n) is 1.21. The Labute approximate surface area is 73.0 Å². The third-order valence-electron chi connectivity index (χ3n) is 1.81. The molecule has 1 rings (SSSR count). The van der Waals surface area contributed by atoms with Crippen LogP contribution < -0.4 is 5.73 Å². The van der Waals surface area contributed by atoms with Gasteiger partial charge in [-0.05, 0) is 18.9 Å². The van der Waals surface area contributed by atoms with Crippen molar-refractivity contribution in [3.8, 4) is 0 Å². The number of hydrogen-bond acceptors (Lipinski definition) is 2. The highest BCUT2D eigenvalue weighted by atomic mass is 16.3. The lowest BCUT2D eigenvalue weighted by Gasteiger charge is -2.07. The third kappa shape index (κ3) is 2.64. The van der Waals surface area contributed by atoms with Crippen LogP contribution in [0.2, 0.25) is 0 Å². The van der Waals surface area contributed by atoms with Crippen LogP contribution in [0.4, 0.5) is 0 Å². The van der Waals surface area contributed by atoms with Crippen LogP contribution in [-0.4, -0.2) is 17.8 Å². The average molecular weight is 165 g/mol. The summed E-state index contributed by atoms with van der Waals surface area (Å²) in [5.41, 5.74) is 8.03. The summed E-state index contributed by atoms with van der Waals surface area (Å²) in [4.78, 5) is 0. The van der Waals surface area contributed by atoms with Gasteiger partial charge in [0.15, 0.2) is 0 Å². The molecule has 0 saturated heterocycles. The largest absolute Gasteiger partial charge is 0.395 e. The molecule has 0 aliphatic rings. The lowest BCUT2D eigenvalue weighted by atomic mass is 10.1. The Morgan fingerprint density at radius 2 is 2.25 bits per heavy atom. The van der Waals surface area contributed by atoms with Gasteiger partial charge in [0.25, 0.3) is 0 Å². The van der Waals surface area contributed by atoms with E-state index >= 15 is 0 Å². The molecule has 0 aliphatic heterocycles. The minimum Gasteiger partial charge on any atom is -0.395 e. The molecule has 12 heavy (non-hydrogen) atoms.